The smallest absolute Gasteiger partial charge is 0.267 e. The fourth-order valence-corrected chi connectivity index (χ4v) is 2.51. The van der Waals surface area contributed by atoms with Crippen LogP contribution in [0.3, 0.4) is 0 Å². The molecule has 0 atom stereocenters. The van der Waals surface area contributed by atoms with E-state index in [4.69, 9.17) is 0 Å². The lowest BCUT2D eigenvalue weighted by Crippen LogP contribution is -2.37. The third-order valence-corrected chi connectivity index (χ3v) is 4.02. The summed E-state index contributed by atoms with van der Waals surface area (Å²) in [6.07, 6.45) is 0. The second kappa shape index (κ2) is 3.41. The van der Waals surface area contributed by atoms with Crippen molar-refractivity contribution < 1.29 is 18.0 Å². The number of hydrogen-bond donors (Lipinski definition) is 0. The van der Waals surface area contributed by atoms with Gasteiger partial charge in [0.15, 0.2) is 0 Å². The molecule has 0 aromatic heterocycles. The van der Waals surface area contributed by atoms with E-state index < -0.39 is 21.8 Å². The zero-order valence-corrected chi connectivity index (χ0v) is 9.32. The molecule has 2 amide bonds. The predicted molar refractivity (Wildman–Crippen MR) is 56.4 cm³/mol. The molecule has 1 aliphatic heterocycles. The SMILES string of the molecule is CCS(=O)(=O)N1C(=O)c2ccccc2C1=O. The standard InChI is InChI=1S/C10H9NO4S/c1-2-16(14,15)11-9(12)7-5-3-4-6-8(7)10(11)13/h3-6H,2H2,1H3. The van der Waals surface area contributed by atoms with Gasteiger partial charge in [-0.1, -0.05) is 12.1 Å². The molecule has 0 spiro atoms. The Morgan fingerprint density at radius 1 is 1.06 bits per heavy atom. The Kier molecular flexibility index (Phi) is 2.31. The molecule has 5 nitrogen and oxygen atoms in total. The van der Waals surface area contributed by atoms with Crippen LogP contribution in [0, 0.1) is 0 Å². The van der Waals surface area contributed by atoms with Crippen molar-refractivity contribution in [1.29, 1.82) is 0 Å². The lowest BCUT2D eigenvalue weighted by Gasteiger charge is -2.11. The van der Waals surface area contributed by atoms with Gasteiger partial charge in [-0.3, -0.25) is 9.59 Å². The first-order chi connectivity index (χ1) is 7.49. The number of hydrogen-bond acceptors (Lipinski definition) is 4. The molecule has 16 heavy (non-hydrogen) atoms. The van der Waals surface area contributed by atoms with E-state index in [-0.39, 0.29) is 16.9 Å². The van der Waals surface area contributed by atoms with Gasteiger partial charge in [-0.15, -0.1) is 0 Å². The molecule has 0 radical (unpaired) electrons. The lowest BCUT2D eigenvalue weighted by atomic mass is 10.1. The van der Waals surface area contributed by atoms with E-state index in [1.165, 1.54) is 19.1 Å². The molecule has 0 unspecified atom stereocenters. The fraction of sp³-hybridized carbons (Fsp3) is 0.200. The topological polar surface area (TPSA) is 71.5 Å². The minimum absolute atomic E-state index is 0.143. The van der Waals surface area contributed by atoms with Crippen LogP contribution in [0.15, 0.2) is 24.3 Å². The minimum Gasteiger partial charge on any atom is -0.267 e. The largest absolute Gasteiger partial charge is 0.275 e. The lowest BCUT2D eigenvalue weighted by molar-refractivity contribution is 0.0765. The number of carbonyl (C=O) groups is 2. The number of fused-ring (bicyclic) bond motifs is 1. The van der Waals surface area contributed by atoms with Crippen LogP contribution in [0.1, 0.15) is 27.6 Å². The molecule has 1 heterocycles. The van der Waals surface area contributed by atoms with Gasteiger partial charge in [-0.05, 0) is 19.1 Å². The van der Waals surface area contributed by atoms with Gasteiger partial charge in [-0.25, -0.2) is 8.42 Å². The van der Waals surface area contributed by atoms with E-state index in [0.717, 1.165) is 0 Å². The van der Waals surface area contributed by atoms with Crippen molar-refractivity contribution in [1.82, 2.24) is 4.31 Å². The highest BCUT2D eigenvalue weighted by molar-refractivity contribution is 7.90. The summed E-state index contributed by atoms with van der Waals surface area (Å²) in [7, 11) is -3.83. The quantitative estimate of drug-likeness (QED) is 0.710. The molecule has 1 aromatic rings. The Morgan fingerprint density at radius 3 is 1.88 bits per heavy atom. The Labute approximate surface area is 92.7 Å². The van der Waals surface area contributed by atoms with E-state index in [9.17, 15) is 18.0 Å². The summed E-state index contributed by atoms with van der Waals surface area (Å²) < 4.78 is 23.5. The minimum atomic E-state index is -3.83. The summed E-state index contributed by atoms with van der Waals surface area (Å²) in [5, 5.41) is 0. The Bertz CT molecular complexity index is 541. The zero-order chi connectivity index (χ0) is 11.9. The fourth-order valence-electron chi connectivity index (χ4n) is 1.55. The van der Waals surface area contributed by atoms with Gasteiger partial charge in [-0.2, -0.15) is 4.31 Å². The number of sulfonamides is 1. The van der Waals surface area contributed by atoms with Crippen molar-refractivity contribution in [3.8, 4) is 0 Å². The number of amides is 2. The summed E-state index contributed by atoms with van der Waals surface area (Å²) in [6, 6.07) is 6.07. The third-order valence-electron chi connectivity index (χ3n) is 2.40. The van der Waals surface area contributed by atoms with Gasteiger partial charge >= 0.3 is 0 Å². The Balaban J connectivity index is 2.60. The van der Waals surface area contributed by atoms with Crippen LogP contribution in [0.4, 0.5) is 0 Å². The maximum absolute atomic E-state index is 11.7. The summed E-state index contributed by atoms with van der Waals surface area (Å²) in [4.78, 5) is 23.5. The Hall–Kier alpha value is -1.69. The Morgan fingerprint density at radius 2 is 1.50 bits per heavy atom. The van der Waals surface area contributed by atoms with Crippen LogP contribution in [-0.2, 0) is 10.0 Å². The maximum Gasteiger partial charge on any atom is 0.275 e. The molecular formula is C10H9NO4S. The van der Waals surface area contributed by atoms with Crippen molar-refractivity contribution in [3.63, 3.8) is 0 Å². The van der Waals surface area contributed by atoms with Crippen LogP contribution in [0.25, 0.3) is 0 Å². The van der Waals surface area contributed by atoms with Crippen molar-refractivity contribution in [2.24, 2.45) is 0 Å². The molecule has 0 aliphatic carbocycles. The van der Waals surface area contributed by atoms with E-state index in [0.29, 0.717) is 4.31 Å². The van der Waals surface area contributed by atoms with Crippen LogP contribution in [-0.4, -0.2) is 30.3 Å². The number of benzene rings is 1. The second-order valence-electron chi connectivity index (χ2n) is 3.32. The molecule has 84 valence electrons. The molecule has 0 saturated heterocycles. The molecule has 0 N–H and O–H groups in total. The summed E-state index contributed by atoms with van der Waals surface area (Å²) in [5.74, 6) is -1.80. The monoisotopic (exact) mass is 239 g/mol. The van der Waals surface area contributed by atoms with Gasteiger partial charge in [0.25, 0.3) is 11.8 Å². The number of rotatable bonds is 2. The summed E-state index contributed by atoms with van der Waals surface area (Å²) in [5.41, 5.74) is 0.286. The zero-order valence-electron chi connectivity index (χ0n) is 8.50. The van der Waals surface area contributed by atoms with Crippen molar-refractivity contribution in [2.45, 2.75) is 6.92 Å². The van der Waals surface area contributed by atoms with E-state index in [1.807, 2.05) is 0 Å². The molecule has 1 aliphatic rings. The molecule has 0 bridgehead atoms. The predicted octanol–water partition coefficient (Wildman–Crippen LogP) is 0.632. The summed E-state index contributed by atoms with van der Waals surface area (Å²) >= 11 is 0. The van der Waals surface area contributed by atoms with E-state index >= 15 is 0 Å². The first-order valence-corrected chi connectivity index (χ1v) is 6.30. The van der Waals surface area contributed by atoms with Gasteiger partial charge in [0.05, 0.1) is 16.9 Å². The summed E-state index contributed by atoms with van der Waals surface area (Å²) in [6.45, 7) is 1.39. The molecule has 0 fully saturated rings. The highest BCUT2D eigenvalue weighted by Crippen LogP contribution is 2.24. The number of nitrogens with zero attached hydrogens (tertiary/aromatic N) is 1. The number of imide groups is 1. The van der Waals surface area contributed by atoms with E-state index in [2.05, 4.69) is 0 Å². The highest BCUT2D eigenvalue weighted by Gasteiger charge is 2.42. The van der Waals surface area contributed by atoms with Crippen LogP contribution < -0.4 is 0 Å². The number of carbonyl (C=O) groups excluding carboxylic acids is 2. The van der Waals surface area contributed by atoms with Gasteiger partial charge in [0.1, 0.15) is 0 Å². The van der Waals surface area contributed by atoms with Crippen molar-refractivity contribution in [3.05, 3.63) is 35.4 Å². The first kappa shape index (κ1) is 10.8. The first-order valence-electron chi connectivity index (χ1n) is 4.69. The molecule has 6 heteroatoms. The van der Waals surface area contributed by atoms with Gasteiger partial charge in [0, 0.05) is 0 Å². The van der Waals surface area contributed by atoms with Crippen LogP contribution in [0.5, 0.6) is 0 Å². The average Bonchev–Trinajstić information content (AvgIpc) is 2.53. The maximum atomic E-state index is 11.7. The van der Waals surface area contributed by atoms with Crippen molar-refractivity contribution in [2.75, 3.05) is 5.75 Å². The molecule has 0 saturated carbocycles. The third kappa shape index (κ3) is 1.34. The van der Waals surface area contributed by atoms with Gasteiger partial charge in [0.2, 0.25) is 10.0 Å². The van der Waals surface area contributed by atoms with E-state index in [1.54, 1.807) is 12.1 Å². The molecule has 1 aromatic carbocycles. The normalized spacial score (nSPS) is 15.4. The van der Waals surface area contributed by atoms with Crippen LogP contribution in [0.2, 0.25) is 0 Å². The average molecular weight is 239 g/mol. The van der Waals surface area contributed by atoms with Crippen LogP contribution >= 0.6 is 0 Å². The van der Waals surface area contributed by atoms with Gasteiger partial charge < -0.3 is 0 Å². The molecule has 2 rings (SSSR count). The molecular weight excluding hydrogens is 230 g/mol. The highest BCUT2D eigenvalue weighted by atomic mass is 32.2. The second-order valence-corrected chi connectivity index (χ2v) is 5.43. The van der Waals surface area contributed by atoms with Crippen molar-refractivity contribution >= 4 is 21.8 Å².